The van der Waals surface area contributed by atoms with Gasteiger partial charge in [-0.1, -0.05) is 30.5 Å². The number of amides is 1. The van der Waals surface area contributed by atoms with Gasteiger partial charge in [0, 0.05) is 50.3 Å². The molecule has 0 spiro atoms. The van der Waals surface area contributed by atoms with Crippen LogP contribution in [0.4, 0.5) is 31.1 Å². The zero-order valence-electron chi connectivity index (χ0n) is 19.0. The van der Waals surface area contributed by atoms with Gasteiger partial charge in [-0.15, -0.1) is 0 Å². The van der Waals surface area contributed by atoms with E-state index in [0.717, 1.165) is 28.9 Å². The number of halogens is 7. The molecule has 1 aliphatic carbocycles. The molecule has 0 aromatic heterocycles. The van der Waals surface area contributed by atoms with Gasteiger partial charge in [-0.25, -0.2) is 4.79 Å². The third kappa shape index (κ3) is 6.33. The standard InChI is InChI=1S/C22H27ClF6N2O4/c1-34-18(32)20(6-2-3-7-20)16-12-15(23)5-4-14(16)13-30-8-10-31(11-9-30)19(33)35-17(21(24,25)26)22(27,28)29/h4-5,12,17-18,32H,2-3,6-11,13H2,1H3. The summed E-state index contributed by atoms with van der Waals surface area (Å²) in [5.74, 6) is 0. The summed E-state index contributed by atoms with van der Waals surface area (Å²) in [4.78, 5) is 14.8. The SMILES string of the molecule is COC(O)C1(c2cc(Cl)ccc2CN2CCN(C(=O)OC(C(F)(F)F)C(F)(F)F)CC2)CCCC1. The lowest BCUT2D eigenvalue weighted by Gasteiger charge is -2.38. The monoisotopic (exact) mass is 532 g/mol. The molecular weight excluding hydrogens is 506 g/mol. The van der Waals surface area contributed by atoms with Crippen LogP contribution in [0.15, 0.2) is 18.2 Å². The van der Waals surface area contributed by atoms with Gasteiger partial charge in [0.2, 0.25) is 0 Å². The maximum atomic E-state index is 12.7. The fourth-order valence-electron chi connectivity index (χ4n) is 4.85. The maximum Gasteiger partial charge on any atom is 0.434 e. The molecule has 1 saturated carbocycles. The molecule has 1 aromatic rings. The molecule has 198 valence electrons. The molecule has 1 atom stereocenters. The number of benzene rings is 1. The van der Waals surface area contributed by atoms with Crippen molar-refractivity contribution in [2.45, 2.75) is 62.4 Å². The Kier molecular flexibility index (Phi) is 8.50. The molecule has 0 bridgehead atoms. The van der Waals surface area contributed by atoms with E-state index < -0.39 is 36.3 Å². The Balaban J connectivity index is 1.68. The molecule has 1 aliphatic heterocycles. The van der Waals surface area contributed by atoms with Crippen molar-refractivity contribution in [1.82, 2.24) is 9.80 Å². The average Bonchev–Trinajstić information content (AvgIpc) is 3.28. The smallest absolute Gasteiger partial charge is 0.426 e. The molecule has 2 fully saturated rings. The summed E-state index contributed by atoms with van der Waals surface area (Å²) in [6.45, 7) is 0.604. The highest BCUT2D eigenvalue weighted by Gasteiger charge is 2.60. The Bertz CT molecular complexity index is 870. The molecule has 1 N–H and O–H groups in total. The summed E-state index contributed by atoms with van der Waals surface area (Å²) < 4.78 is 85.2. The lowest BCUT2D eigenvalue weighted by molar-refractivity contribution is -0.308. The molecule has 3 rings (SSSR count). The second kappa shape index (κ2) is 10.7. The van der Waals surface area contributed by atoms with Crippen LogP contribution >= 0.6 is 11.6 Å². The molecule has 1 amide bonds. The highest BCUT2D eigenvalue weighted by Crippen LogP contribution is 2.46. The van der Waals surface area contributed by atoms with E-state index in [9.17, 15) is 36.2 Å². The molecule has 35 heavy (non-hydrogen) atoms. The van der Waals surface area contributed by atoms with Gasteiger partial charge in [0.05, 0.1) is 0 Å². The van der Waals surface area contributed by atoms with Gasteiger partial charge < -0.3 is 19.5 Å². The predicted molar refractivity (Wildman–Crippen MR) is 114 cm³/mol. The van der Waals surface area contributed by atoms with E-state index in [2.05, 4.69) is 4.74 Å². The fourth-order valence-corrected chi connectivity index (χ4v) is 5.03. The van der Waals surface area contributed by atoms with E-state index in [1.165, 1.54) is 7.11 Å². The molecule has 1 heterocycles. The van der Waals surface area contributed by atoms with Crippen LogP contribution in [-0.2, 0) is 21.4 Å². The number of methoxy groups -OCH3 is 1. The number of nitrogens with zero attached hydrogens (tertiary/aromatic N) is 2. The van der Waals surface area contributed by atoms with Crippen molar-refractivity contribution in [3.05, 3.63) is 34.3 Å². The number of hydrogen-bond donors (Lipinski definition) is 1. The minimum atomic E-state index is -5.76. The number of ether oxygens (including phenoxy) is 2. The Morgan fingerprint density at radius 1 is 1.09 bits per heavy atom. The van der Waals surface area contributed by atoms with Crippen LogP contribution in [0.3, 0.4) is 0 Å². The molecule has 6 nitrogen and oxygen atoms in total. The number of carbonyl (C=O) groups is 1. The highest BCUT2D eigenvalue weighted by molar-refractivity contribution is 6.30. The van der Waals surface area contributed by atoms with Crippen molar-refractivity contribution < 1.29 is 45.7 Å². The molecule has 2 aliphatic rings. The van der Waals surface area contributed by atoms with Crippen molar-refractivity contribution in [1.29, 1.82) is 0 Å². The summed E-state index contributed by atoms with van der Waals surface area (Å²) >= 11 is 6.25. The zero-order chi connectivity index (χ0) is 26.0. The van der Waals surface area contributed by atoms with Crippen LogP contribution < -0.4 is 0 Å². The maximum absolute atomic E-state index is 12.7. The topological polar surface area (TPSA) is 62.2 Å². The first-order valence-corrected chi connectivity index (χ1v) is 11.5. The molecule has 1 saturated heterocycles. The Hall–Kier alpha value is -1.76. The molecular formula is C22H27ClF6N2O4. The minimum Gasteiger partial charge on any atom is -0.426 e. The lowest BCUT2D eigenvalue weighted by Crippen LogP contribution is -2.52. The average molecular weight is 533 g/mol. The molecule has 1 aromatic carbocycles. The summed E-state index contributed by atoms with van der Waals surface area (Å²) in [7, 11) is 1.43. The van der Waals surface area contributed by atoms with Crippen molar-refractivity contribution in [3.63, 3.8) is 0 Å². The van der Waals surface area contributed by atoms with Gasteiger partial charge in [0.15, 0.2) is 6.29 Å². The van der Waals surface area contributed by atoms with Gasteiger partial charge in [0.25, 0.3) is 6.10 Å². The predicted octanol–water partition coefficient (Wildman–Crippen LogP) is 4.86. The van der Waals surface area contributed by atoms with Crippen LogP contribution in [0.2, 0.25) is 5.02 Å². The van der Waals surface area contributed by atoms with E-state index in [0.29, 0.717) is 24.4 Å². The minimum absolute atomic E-state index is 0.101. The third-order valence-electron chi connectivity index (χ3n) is 6.64. The summed E-state index contributed by atoms with van der Waals surface area (Å²) in [5, 5.41) is 11.2. The van der Waals surface area contributed by atoms with Crippen molar-refractivity contribution in [2.24, 2.45) is 0 Å². The number of carbonyl (C=O) groups excluding carboxylic acids is 1. The van der Waals surface area contributed by atoms with E-state index >= 15 is 0 Å². The second-order valence-corrected chi connectivity index (χ2v) is 9.30. The number of hydrogen-bond acceptors (Lipinski definition) is 5. The van der Waals surface area contributed by atoms with Crippen LogP contribution in [0.1, 0.15) is 36.8 Å². The Labute approximate surface area is 203 Å². The second-order valence-electron chi connectivity index (χ2n) is 8.86. The quantitative estimate of drug-likeness (QED) is 0.419. The zero-order valence-corrected chi connectivity index (χ0v) is 19.7. The van der Waals surface area contributed by atoms with Crippen molar-refractivity contribution in [3.8, 4) is 0 Å². The molecule has 13 heteroatoms. The first kappa shape index (κ1) is 27.8. The van der Waals surface area contributed by atoms with E-state index in [-0.39, 0.29) is 26.2 Å². The van der Waals surface area contributed by atoms with Gasteiger partial charge in [-0.2, -0.15) is 26.3 Å². The van der Waals surface area contributed by atoms with Crippen LogP contribution in [0, 0.1) is 0 Å². The van der Waals surface area contributed by atoms with Crippen LogP contribution in [0.5, 0.6) is 0 Å². The van der Waals surface area contributed by atoms with Crippen LogP contribution in [0.25, 0.3) is 0 Å². The van der Waals surface area contributed by atoms with Gasteiger partial charge in [0.1, 0.15) is 0 Å². The number of rotatable bonds is 6. The first-order valence-electron chi connectivity index (χ1n) is 11.1. The van der Waals surface area contributed by atoms with Crippen molar-refractivity contribution in [2.75, 3.05) is 33.3 Å². The third-order valence-corrected chi connectivity index (χ3v) is 6.87. The van der Waals surface area contributed by atoms with Crippen molar-refractivity contribution >= 4 is 17.7 Å². The van der Waals surface area contributed by atoms with E-state index in [1.54, 1.807) is 12.1 Å². The number of aliphatic hydroxyl groups is 1. The Morgan fingerprint density at radius 3 is 2.17 bits per heavy atom. The number of aliphatic hydroxyl groups excluding tert-OH is 1. The highest BCUT2D eigenvalue weighted by atomic mass is 35.5. The van der Waals surface area contributed by atoms with Gasteiger partial charge in [-0.3, -0.25) is 4.90 Å². The lowest BCUT2D eigenvalue weighted by atomic mass is 9.75. The van der Waals surface area contributed by atoms with Gasteiger partial charge in [-0.05, 0) is 36.1 Å². The largest absolute Gasteiger partial charge is 0.434 e. The summed E-state index contributed by atoms with van der Waals surface area (Å²) in [5.41, 5.74) is 1.08. The number of piperazine rings is 1. The fraction of sp³-hybridized carbons (Fsp3) is 0.682. The molecule has 1 unspecified atom stereocenters. The summed E-state index contributed by atoms with van der Waals surface area (Å²) in [6.07, 6.45) is -15.2. The van der Waals surface area contributed by atoms with Gasteiger partial charge >= 0.3 is 18.4 Å². The summed E-state index contributed by atoms with van der Waals surface area (Å²) in [6, 6.07) is 5.34. The normalized spacial score (nSPS) is 20.3. The first-order chi connectivity index (χ1) is 16.3. The number of alkyl halides is 6. The van der Waals surface area contributed by atoms with E-state index in [1.807, 2.05) is 11.0 Å². The molecule has 0 radical (unpaired) electrons. The van der Waals surface area contributed by atoms with E-state index in [4.69, 9.17) is 16.3 Å². The van der Waals surface area contributed by atoms with Crippen LogP contribution in [-0.4, -0.2) is 79.0 Å². The Morgan fingerprint density at radius 2 is 1.66 bits per heavy atom.